The lowest BCUT2D eigenvalue weighted by molar-refractivity contribution is 0.169. The fraction of sp³-hybridized carbons (Fsp3) is 0.500. The number of hydrogen-bond donors (Lipinski definition) is 1. The molecule has 0 bridgehead atoms. The summed E-state index contributed by atoms with van der Waals surface area (Å²) in [4.78, 5) is 0. The quantitative estimate of drug-likeness (QED) is 0.572. The van der Waals surface area contributed by atoms with Crippen LogP contribution in [0.3, 0.4) is 0 Å². The molecule has 0 aliphatic heterocycles. The first kappa shape index (κ1) is 12.6. The Morgan fingerprint density at radius 3 is 2.73 bits per heavy atom. The fourth-order valence-corrected chi connectivity index (χ4v) is 1.95. The van der Waals surface area contributed by atoms with Crippen LogP contribution in [0.4, 0.5) is 0 Å². The van der Waals surface area contributed by atoms with Crippen LogP contribution in [0.5, 0.6) is 0 Å². The summed E-state index contributed by atoms with van der Waals surface area (Å²) in [6, 6.07) is 10.2. The van der Waals surface area contributed by atoms with E-state index in [0.29, 0.717) is 12.5 Å². The maximum Gasteiger partial charge on any atom is 0.0925 e. The number of rotatable bonds is 7. The van der Waals surface area contributed by atoms with Gasteiger partial charge in [0, 0.05) is 0 Å². The van der Waals surface area contributed by atoms with Gasteiger partial charge >= 0.3 is 0 Å². The van der Waals surface area contributed by atoms with Crippen LogP contribution in [0.25, 0.3) is 0 Å². The molecule has 0 aromatic heterocycles. The van der Waals surface area contributed by atoms with Gasteiger partial charge in [-0.15, -0.1) is 11.8 Å². The highest BCUT2D eigenvalue weighted by Gasteiger charge is 1.98. The Balaban J connectivity index is 2.03. The molecule has 0 saturated heterocycles. The molecule has 1 unspecified atom stereocenters. The van der Waals surface area contributed by atoms with Gasteiger partial charge in [0.25, 0.3) is 0 Å². The van der Waals surface area contributed by atoms with Crippen molar-refractivity contribution in [3.8, 4) is 0 Å². The second-order valence-corrected chi connectivity index (χ2v) is 4.64. The van der Waals surface area contributed by atoms with Crippen molar-refractivity contribution in [2.75, 3.05) is 18.2 Å². The minimum absolute atomic E-state index is 0.579. The molecular weight excluding hydrogens is 206 g/mol. The van der Waals surface area contributed by atoms with Gasteiger partial charge in [0.2, 0.25) is 0 Å². The van der Waals surface area contributed by atoms with Crippen molar-refractivity contribution in [1.29, 1.82) is 0 Å². The summed E-state index contributed by atoms with van der Waals surface area (Å²) in [6.07, 6.45) is 0. The summed E-state index contributed by atoms with van der Waals surface area (Å²) in [7, 11) is 0. The highest BCUT2D eigenvalue weighted by atomic mass is 32.2. The summed E-state index contributed by atoms with van der Waals surface area (Å²) >= 11 is 1.80. The van der Waals surface area contributed by atoms with E-state index in [4.69, 9.17) is 10.5 Å². The van der Waals surface area contributed by atoms with Crippen LogP contribution < -0.4 is 5.73 Å². The third-order valence-corrected chi connectivity index (χ3v) is 3.22. The van der Waals surface area contributed by atoms with Crippen molar-refractivity contribution in [3.63, 3.8) is 0 Å². The minimum atomic E-state index is 0.579. The molecular formula is C12H19NOS. The monoisotopic (exact) mass is 225 g/mol. The highest BCUT2D eigenvalue weighted by Crippen LogP contribution is 2.09. The Bertz CT molecular complexity index is 253. The molecule has 0 heterocycles. The molecule has 0 spiro atoms. The van der Waals surface area contributed by atoms with E-state index in [2.05, 4.69) is 19.1 Å². The van der Waals surface area contributed by atoms with Gasteiger partial charge in [-0.2, -0.15) is 0 Å². The van der Waals surface area contributed by atoms with Gasteiger partial charge < -0.3 is 10.5 Å². The number of benzene rings is 1. The predicted molar refractivity (Wildman–Crippen MR) is 66.8 cm³/mol. The molecule has 0 aliphatic carbocycles. The fourth-order valence-electron chi connectivity index (χ4n) is 1.11. The van der Waals surface area contributed by atoms with Gasteiger partial charge in [-0.05, 0) is 23.8 Å². The molecule has 2 N–H and O–H groups in total. The zero-order chi connectivity index (χ0) is 10.9. The smallest absolute Gasteiger partial charge is 0.0925 e. The molecule has 84 valence electrons. The summed E-state index contributed by atoms with van der Waals surface area (Å²) in [6.45, 7) is 3.61. The lowest BCUT2D eigenvalue weighted by Crippen LogP contribution is -2.13. The standard InChI is InChI=1S/C12H19NOS/c1-11(7-13)9-15-10-14-8-12-5-3-2-4-6-12/h2-6,11H,7-10,13H2,1H3. The number of thioether (sulfide) groups is 1. The van der Waals surface area contributed by atoms with Crippen molar-refractivity contribution in [1.82, 2.24) is 0 Å². The topological polar surface area (TPSA) is 35.2 Å². The summed E-state index contributed by atoms with van der Waals surface area (Å²) in [5, 5.41) is 0. The molecule has 1 aromatic rings. The number of nitrogens with two attached hydrogens (primary N) is 1. The first-order chi connectivity index (χ1) is 7.33. The Morgan fingerprint density at radius 2 is 2.07 bits per heavy atom. The van der Waals surface area contributed by atoms with Crippen LogP contribution in [0, 0.1) is 5.92 Å². The zero-order valence-corrected chi connectivity index (χ0v) is 10.0. The van der Waals surface area contributed by atoms with Crippen molar-refractivity contribution in [2.45, 2.75) is 13.5 Å². The maximum absolute atomic E-state index is 5.54. The van der Waals surface area contributed by atoms with E-state index in [1.165, 1.54) is 5.56 Å². The lowest BCUT2D eigenvalue weighted by atomic mass is 10.2. The molecule has 1 rings (SSSR count). The Morgan fingerprint density at radius 1 is 1.33 bits per heavy atom. The van der Waals surface area contributed by atoms with E-state index >= 15 is 0 Å². The van der Waals surface area contributed by atoms with Gasteiger partial charge in [0.15, 0.2) is 0 Å². The van der Waals surface area contributed by atoms with Gasteiger partial charge in [-0.3, -0.25) is 0 Å². The van der Waals surface area contributed by atoms with E-state index in [1.54, 1.807) is 11.8 Å². The molecule has 0 aliphatic rings. The van der Waals surface area contributed by atoms with E-state index in [1.807, 2.05) is 18.2 Å². The normalized spacial score (nSPS) is 12.7. The molecule has 0 saturated carbocycles. The molecule has 15 heavy (non-hydrogen) atoms. The van der Waals surface area contributed by atoms with Crippen molar-refractivity contribution in [2.24, 2.45) is 11.7 Å². The van der Waals surface area contributed by atoms with Crippen molar-refractivity contribution >= 4 is 11.8 Å². The average molecular weight is 225 g/mol. The van der Waals surface area contributed by atoms with E-state index in [9.17, 15) is 0 Å². The Labute approximate surface area is 96.2 Å². The van der Waals surface area contributed by atoms with Gasteiger partial charge in [0.1, 0.15) is 0 Å². The predicted octanol–water partition coefficient (Wildman–Crippen LogP) is 2.49. The maximum atomic E-state index is 5.54. The molecule has 0 radical (unpaired) electrons. The van der Waals surface area contributed by atoms with Crippen molar-refractivity contribution < 1.29 is 4.74 Å². The first-order valence-corrected chi connectivity index (χ1v) is 6.38. The van der Waals surface area contributed by atoms with Crippen LogP contribution in [-0.2, 0) is 11.3 Å². The average Bonchev–Trinajstić information content (AvgIpc) is 2.29. The Hall–Kier alpha value is -0.510. The number of hydrogen-bond acceptors (Lipinski definition) is 3. The van der Waals surface area contributed by atoms with Crippen LogP contribution in [-0.4, -0.2) is 18.2 Å². The molecule has 2 nitrogen and oxygen atoms in total. The molecule has 3 heteroatoms. The molecule has 0 amide bonds. The molecule has 1 atom stereocenters. The van der Waals surface area contributed by atoms with E-state index < -0.39 is 0 Å². The van der Waals surface area contributed by atoms with Crippen LogP contribution >= 0.6 is 11.8 Å². The van der Waals surface area contributed by atoms with Gasteiger partial charge in [-0.1, -0.05) is 37.3 Å². The van der Waals surface area contributed by atoms with Crippen molar-refractivity contribution in [3.05, 3.63) is 35.9 Å². The summed E-state index contributed by atoms with van der Waals surface area (Å²) in [5.74, 6) is 2.40. The second-order valence-electron chi connectivity index (χ2n) is 3.66. The zero-order valence-electron chi connectivity index (χ0n) is 9.19. The number of ether oxygens (including phenoxy) is 1. The van der Waals surface area contributed by atoms with Crippen LogP contribution in [0.2, 0.25) is 0 Å². The third kappa shape index (κ3) is 5.82. The van der Waals surface area contributed by atoms with Crippen LogP contribution in [0.15, 0.2) is 30.3 Å². The van der Waals surface area contributed by atoms with E-state index in [0.717, 1.165) is 18.2 Å². The first-order valence-electron chi connectivity index (χ1n) is 5.22. The summed E-state index contributed by atoms with van der Waals surface area (Å²) in [5.41, 5.74) is 6.75. The van der Waals surface area contributed by atoms with Gasteiger partial charge in [0.05, 0.1) is 12.5 Å². The molecule has 1 aromatic carbocycles. The van der Waals surface area contributed by atoms with Gasteiger partial charge in [-0.25, -0.2) is 0 Å². The summed E-state index contributed by atoms with van der Waals surface area (Å²) < 4.78 is 5.54. The molecule has 0 fully saturated rings. The Kier molecular flexibility index (Phi) is 6.48. The second kappa shape index (κ2) is 7.74. The van der Waals surface area contributed by atoms with Crippen LogP contribution in [0.1, 0.15) is 12.5 Å². The highest BCUT2D eigenvalue weighted by molar-refractivity contribution is 7.99. The largest absolute Gasteiger partial charge is 0.366 e. The lowest BCUT2D eigenvalue weighted by Gasteiger charge is -2.08. The SMILES string of the molecule is CC(CN)CSCOCc1ccccc1. The third-order valence-electron chi connectivity index (χ3n) is 2.08. The van der Waals surface area contributed by atoms with E-state index in [-0.39, 0.29) is 0 Å². The minimum Gasteiger partial charge on any atom is -0.366 e.